The van der Waals surface area contributed by atoms with Gasteiger partial charge in [0.15, 0.2) is 0 Å². The first-order valence-corrected chi connectivity index (χ1v) is 5.46. The lowest BCUT2D eigenvalue weighted by molar-refractivity contribution is -0.142. The predicted molar refractivity (Wildman–Crippen MR) is 52.6 cm³/mol. The molecule has 0 saturated heterocycles. The van der Waals surface area contributed by atoms with Crippen molar-refractivity contribution < 1.29 is 9.90 Å². The van der Waals surface area contributed by atoms with E-state index >= 15 is 0 Å². The molecule has 0 aromatic carbocycles. The van der Waals surface area contributed by atoms with Gasteiger partial charge in [-0.1, -0.05) is 32.6 Å². The lowest BCUT2D eigenvalue weighted by atomic mass is 9.94. The van der Waals surface area contributed by atoms with Crippen LogP contribution < -0.4 is 0 Å². The summed E-state index contributed by atoms with van der Waals surface area (Å²) in [6.45, 7) is 2.21. The molecule has 0 amide bonds. The highest BCUT2D eigenvalue weighted by Gasteiger charge is 2.22. The molecule has 1 saturated carbocycles. The van der Waals surface area contributed by atoms with E-state index in [-0.39, 0.29) is 5.92 Å². The maximum Gasteiger partial charge on any atom is 0.306 e. The Balaban J connectivity index is 2.35. The topological polar surface area (TPSA) is 37.3 Å². The molecule has 1 aliphatic carbocycles. The minimum atomic E-state index is -0.586. The Labute approximate surface area is 80.3 Å². The van der Waals surface area contributed by atoms with Gasteiger partial charge in [0.2, 0.25) is 0 Å². The van der Waals surface area contributed by atoms with Crippen LogP contribution >= 0.6 is 0 Å². The summed E-state index contributed by atoms with van der Waals surface area (Å²) in [7, 11) is 0. The number of carboxylic acids is 1. The van der Waals surface area contributed by atoms with Crippen LogP contribution in [-0.2, 0) is 4.79 Å². The largest absolute Gasteiger partial charge is 0.481 e. The Kier molecular flexibility index (Phi) is 4.26. The standard InChI is InChI=1S/C11H20O2/c1-2-4-9-5-3-6-10(8-7-9)11(12)13/h9-10H,2-8H2,1H3,(H,12,13). The summed E-state index contributed by atoms with van der Waals surface area (Å²) >= 11 is 0. The van der Waals surface area contributed by atoms with Crippen LogP contribution in [0, 0.1) is 11.8 Å². The van der Waals surface area contributed by atoms with E-state index in [1.165, 1.54) is 19.3 Å². The molecule has 1 rings (SSSR count). The summed E-state index contributed by atoms with van der Waals surface area (Å²) in [5, 5.41) is 8.88. The molecule has 1 N–H and O–H groups in total. The molecule has 2 nitrogen and oxygen atoms in total. The Morgan fingerprint density at radius 1 is 1.31 bits per heavy atom. The Hall–Kier alpha value is -0.530. The molecular formula is C11H20O2. The maximum absolute atomic E-state index is 10.8. The molecule has 0 aromatic heterocycles. The first-order chi connectivity index (χ1) is 6.24. The van der Waals surface area contributed by atoms with Crippen molar-refractivity contribution >= 4 is 5.97 Å². The molecule has 0 heterocycles. The van der Waals surface area contributed by atoms with Gasteiger partial charge in [-0.15, -0.1) is 0 Å². The number of aliphatic carboxylic acids is 1. The van der Waals surface area contributed by atoms with Crippen molar-refractivity contribution in [3.05, 3.63) is 0 Å². The van der Waals surface area contributed by atoms with Crippen LogP contribution in [0.1, 0.15) is 51.9 Å². The lowest BCUT2D eigenvalue weighted by Gasteiger charge is -2.11. The monoisotopic (exact) mass is 184 g/mol. The highest BCUT2D eigenvalue weighted by atomic mass is 16.4. The van der Waals surface area contributed by atoms with Gasteiger partial charge in [0.1, 0.15) is 0 Å². The molecule has 0 aliphatic heterocycles. The first kappa shape index (κ1) is 10.6. The average Bonchev–Trinajstić information content (AvgIpc) is 2.30. The summed E-state index contributed by atoms with van der Waals surface area (Å²) < 4.78 is 0. The third-order valence-electron chi connectivity index (χ3n) is 3.13. The van der Waals surface area contributed by atoms with Crippen molar-refractivity contribution in [2.45, 2.75) is 51.9 Å². The van der Waals surface area contributed by atoms with E-state index in [9.17, 15) is 4.79 Å². The zero-order chi connectivity index (χ0) is 9.68. The number of hydrogen-bond donors (Lipinski definition) is 1. The second-order valence-corrected chi connectivity index (χ2v) is 4.20. The third kappa shape index (κ3) is 3.37. The van der Waals surface area contributed by atoms with Gasteiger partial charge in [-0.2, -0.15) is 0 Å². The number of hydrogen-bond acceptors (Lipinski definition) is 1. The Morgan fingerprint density at radius 3 is 2.69 bits per heavy atom. The van der Waals surface area contributed by atoms with Gasteiger partial charge in [0.25, 0.3) is 0 Å². The molecule has 0 aromatic rings. The molecule has 1 aliphatic rings. The van der Waals surface area contributed by atoms with Crippen LogP contribution in [0.4, 0.5) is 0 Å². The summed E-state index contributed by atoms with van der Waals surface area (Å²) in [4.78, 5) is 10.8. The average molecular weight is 184 g/mol. The normalized spacial score (nSPS) is 29.6. The molecular weight excluding hydrogens is 164 g/mol. The van der Waals surface area contributed by atoms with Gasteiger partial charge in [0, 0.05) is 0 Å². The zero-order valence-electron chi connectivity index (χ0n) is 8.46. The molecule has 1 fully saturated rings. The van der Waals surface area contributed by atoms with Crippen LogP contribution in [0.25, 0.3) is 0 Å². The zero-order valence-corrected chi connectivity index (χ0v) is 8.46. The van der Waals surface area contributed by atoms with Crippen molar-refractivity contribution in [1.29, 1.82) is 0 Å². The summed E-state index contributed by atoms with van der Waals surface area (Å²) in [5.74, 6) is 0.161. The number of carboxylic acid groups (broad SMARTS) is 1. The molecule has 0 radical (unpaired) electrons. The molecule has 0 bridgehead atoms. The van der Waals surface area contributed by atoms with E-state index in [4.69, 9.17) is 5.11 Å². The Bertz CT molecular complexity index is 165. The van der Waals surface area contributed by atoms with Crippen LogP contribution in [0.3, 0.4) is 0 Å². The quantitative estimate of drug-likeness (QED) is 0.684. The fourth-order valence-corrected chi connectivity index (χ4v) is 2.32. The van der Waals surface area contributed by atoms with E-state index in [0.29, 0.717) is 0 Å². The van der Waals surface area contributed by atoms with Crippen LogP contribution in [0.2, 0.25) is 0 Å². The van der Waals surface area contributed by atoms with Crippen molar-refractivity contribution in [3.8, 4) is 0 Å². The molecule has 2 atom stereocenters. The van der Waals surface area contributed by atoms with E-state index in [2.05, 4.69) is 6.92 Å². The van der Waals surface area contributed by atoms with Crippen molar-refractivity contribution in [3.63, 3.8) is 0 Å². The summed E-state index contributed by atoms with van der Waals surface area (Å²) in [6, 6.07) is 0. The van der Waals surface area contributed by atoms with Gasteiger partial charge in [-0.05, 0) is 25.2 Å². The van der Waals surface area contributed by atoms with Crippen molar-refractivity contribution in [2.75, 3.05) is 0 Å². The first-order valence-electron chi connectivity index (χ1n) is 5.46. The molecule has 76 valence electrons. The minimum absolute atomic E-state index is 0.0538. The van der Waals surface area contributed by atoms with Gasteiger partial charge in [-0.3, -0.25) is 4.79 Å². The highest BCUT2D eigenvalue weighted by Crippen LogP contribution is 2.29. The van der Waals surface area contributed by atoms with Gasteiger partial charge in [-0.25, -0.2) is 0 Å². The van der Waals surface area contributed by atoms with E-state index in [1.54, 1.807) is 0 Å². The van der Waals surface area contributed by atoms with Crippen LogP contribution in [-0.4, -0.2) is 11.1 Å². The molecule has 0 spiro atoms. The van der Waals surface area contributed by atoms with Gasteiger partial charge >= 0.3 is 5.97 Å². The van der Waals surface area contributed by atoms with Crippen LogP contribution in [0.5, 0.6) is 0 Å². The van der Waals surface area contributed by atoms with Crippen molar-refractivity contribution in [2.24, 2.45) is 11.8 Å². The van der Waals surface area contributed by atoms with Gasteiger partial charge < -0.3 is 5.11 Å². The van der Waals surface area contributed by atoms with E-state index in [1.807, 2.05) is 0 Å². The van der Waals surface area contributed by atoms with Crippen molar-refractivity contribution in [1.82, 2.24) is 0 Å². The maximum atomic E-state index is 10.8. The predicted octanol–water partition coefficient (Wildman–Crippen LogP) is 3.07. The van der Waals surface area contributed by atoms with E-state index in [0.717, 1.165) is 31.6 Å². The number of rotatable bonds is 3. The Morgan fingerprint density at radius 2 is 2.08 bits per heavy atom. The third-order valence-corrected chi connectivity index (χ3v) is 3.13. The minimum Gasteiger partial charge on any atom is -0.481 e. The second kappa shape index (κ2) is 5.25. The fraction of sp³-hybridized carbons (Fsp3) is 0.909. The SMILES string of the molecule is CCCC1CCCC(C(=O)O)CC1. The van der Waals surface area contributed by atoms with Crippen LogP contribution in [0.15, 0.2) is 0 Å². The fourth-order valence-electron chi connectivity index (χ4n) is 2.32. The van der Waals surface area contributed by atoms with E-state index < -0.39 is 5.97 Å². The van der Waals surface area contributed by atoms with Gasteiger partial charge in [0.05, 0.1) is 5.92 Å². The number of carbonyl (C=O) groups is 1. The highest BCUT2D eigenvalue weighted by molar-refractivity contribution is 5.69. The molecule has 2 unspecified atom stereocenters. The lowest BCUT2D eigenvalue weighted by Crippen LogP contribution is -2.12. The molecule has 13 heavy (non-hydrogen) atoms. The molecule has 2 heteroatoms. The summed E-state index contributed by atoms with van der Waals surface area (Å²) in [6.07, 6.45) is 7.81. The second-order valence-electron chi connectivity index (χ2n) is 4.20. The smallest absolute Gasteiger partial charge is 0.306 e. The summed E-state index contributed by atoms with van der Waals surface area (Å²) in [5.41, 5.74) is 0.